The SMILES string of the molecule is Cc1ccc(CCc2ccc(CCCC(=O)N3CC[C@@H](OP(=O)(O[C@@H]4CCN(C(=O)CCCc5ccc(CCc6ccc(C)cc6)cc5)C4)O[C@@H]4CCN(C(=O)CCCc5ccc(CCc6ccc(C)cc6)cc5)C4)C3)cc2)cc1. The molecule has 3 heterocycles. The quantitative estimate of drug-likeness (QED) is 0.0473. The predicted octanol–water partition coefficient (Wildman–Crippen LogP) is 13.3. The molecule has 3 saturated heterocycles. The van der Waals surface area contributed by atoms with Gasteiger partial charge in [0.1, 0.15) is 0 Å². The van der Waals surface area contributed by atoms with Crippen molar-refractivity contribution < 1.29 is 32.5 Å². The third kappa shape index (κ3) is 18.2. The number of likely N-dealkylation sites (tertiary alicyclic amines) is 3. The molecule has 0 aliphatic carbocycles. The summed E-state index contributed by atoms with van der Waals surface area (Å²) in [5.41, 5.74) is 15.4. The Morgan fingerprint density at radius 2 is 0.550 bits per heavy atom. The van der Waals surface area contributed by atoms with Gasteiger partial charge >= 0.3 is 7.82 Å². The Balaban J connectivity index is 0.736. The van der Waals surface area contributed by atoms with Crippen LogP contribution < -0.4 is 0 Å². The van der Waals surface area contributed by atoms with Crippen molar-refractivity contribution in [1.82, 2.24) is 14.7 Å². The maximum Gasteiger partial charge on any atom is 0.475 e. The van der Waals surface area contributed by atoms with Gasteiger partial charge in [0.15, 0.2) is 0 Å². The summed E-state index contributed by atoms with van der Waals surface area (Å²) in [5, 5.41) is 0. The number of benzene rings is 6. The smallest absolute Gasteiger partial charge is 0.340 e. The number of rotatable bonds is 27. The number of aryl methyl sites for hydroxylation is 12. The zero-order valence-corrected chi connectivity index (χ0v) is 48.6. The van der Waals surface area contributed by atoms with Crippen LogP contribution in [0.4, 0.5) is 0 Å². The fraction of sp³-hybridized carbons (Fsp3) is 0.435. The van der Waals surface area contributed by atoms with E-state index >= 15 is 0 Å². The van der Waals surface area contributed by atoms with Crippen LogP contribution in [0.25, 0.3) is 0 Å². The number of carbonyl (C=O) groups is 3. The lowest BCUT2D eigenvalue weighted by molar-refractivity contribution is -0.131. The van der Waals surface area contributed by atoms with E-state index in [0.717, 1.165) is 77.0 Å². The van der Waals surface area contributed by atoms with Crippen LogP contribution in [0.3, 0.4) is 0 Å². The first kappa shape index (κ1) is 58.5. The number of phosphoric acid groups is 1. The Hall–Kier alpha value is -6.16. The predicted molar refractivity (Wildman–Crippen MR) is 320 cm³/mol. The topological polar surface area (TPSA) is 106 Å². The highest BCUT2D eigenvalue weighted by molar-refractivity contribution is 7.48. The summed E-state index contributed by atoms with van der Waals surface area (Å²) in [6, 6.07) is 52.4. The molecule has 0 unspecified atom stereocenters. The van der Waals surface area contributed by atoms with Gasteiger partial charge in [0.05, 0.1) is 18.3 Å². The lowest BCUT2D eigenvalue weighted by Crippen LogP contribution is -2.32. The number of phosphoric ester groups is 1. The second-order valence-electron chi connectivity index (χ2n) is 23.0. The number of hydrogen-bond acceptors (Lipinski definition) is 7. The molecule has 0 saturated carbocycles. The molecule has 3 amide bonds. The molecule has 0 N–H and O–H groups in total. The van der Waals surface area contributed by atoms with Gasteiger partial charge in [0.2, 0.25) is 17.7 Å². The van der Waals surface area contributed by atoms with Crippen LogP contribution in [-0.2, 0) is 90.3 Å². The van der Waals surface area contributed by atoms with Gasteiger partial charge in [0, 0.05) is 58.5 Å². The van der Waals surface area contributed by atoms with Gasteiger partial charge in [-0.3, -0.25) is 28.0 Å². The molecule has 0 radical (unpaired) electrons. The number of amides is 3. The summed E-state index contributed by atoms with van der Waals surface area (Å²) in [6.45, 7) is 8.69. The van der Waals surface area contributed by atoms with Crippen LogP contribution >= 0.6 is 7.82 Å². The zero-order valence-electron chi connectivity index (χ0n) is 47.7. The van der Waals surface area contributed by atoms with Crippen molar-refractivity contribution in [3.05, 3.63) is 212 Å². The summed E-state index contributed by atoms with van der Waals surface area (Å²) < 4.78 is 34.1. The van der Waals surface area contributed by atoms with Crippen molar-refractivity contribution in [2.45, 2.75) is 155 Å². The molecule has 0 bridgehead atoms. The fourth-order valence-electron chi connectivity index (χ4n) is 11.3. The van der Waals surface area contributed by atoms with Crippen molar-refractivity contribution in [2.75, 3.05) is 39.3 Å². The van der Waals surface area contributed by atoms with Crippen molar-refractivity contribution >= 4 is 25.5 Å². The van der Waals surface area contributed by atoms with Crippen LogP contribution in [0.5, 0.6) is 0 Å². The Bertz CT molecular complexity index is 2640. The highest BCUT2D eigenvalue weighted by atomic mass is 31.2. The van der Waals surface area contributed by atoms with E-state index in [2.05, 4.69) is 166 Å². The lowest BCUT2D eigenvalue weighted by atomic mass is 10.0. The van der Waals surface area contributed by atoms with Crippen molar-refractivity contribution in [3.63, 3.8) is 0 Å². The number of nitrogens with zero attached hydrogens (tertiary/aromatic N) is 3. The first-order valence-corrected chi connectivity index (χ1v) is 31.2. The first-order chi connectivity index (χ1) is 38.8. The molecule has 80 heavy (non-hydrogen) atoms. The molecule has 3 fully saturated rings. The summed E-state index contributed by atoms with van der Waals surface area (Å²) in [4.78, 5) is 46.1. The molecule has 9 rings (SSSR count). The van der Waals surface area contributed by atoms with Gasteiger partial charge in [-0.15, -0.1) is 0 Å². The van der Waals surface area contributed by atoms with Gasteiger partial charge in [-0.25, -0.2) is 4.57 Å². The molecule has 422 valence electrons. The minimum absolute atomic E-state index is 0.0502. The Morgan fingerprint density at radius 3 is 0.775 bits per heavy atom. The van der Waals surface area contributed by atoms with Crippen LogP contribution in [0, 0.1) is 20.8 Å². The molecule has 6 aromatic rings. The summed E-state index contributed by atoms with van der Waals surface area (Å²) in [6.07, 6.45) is 11.7. The summed E-state index contributed by atoms with van der Waals surface area (Å²) in [5.74, 6) is 0.150. The van der Waals surface area contributed by atoms with Gasteiger partial charge in [-0.2, -0.15) is 0 Å². The largest absolute Gasteiger partial charge is 0.475 e. The van der Waals surface area contributed by atoms with Crippen LogP contribution in [0.1, 0.15) is 125 Å². The molecular formula is C69H84N3O7P. The maximum absolute atomic E-state index is 15.0. The summed E-state index contributed by atoms with van der Waals surface area (Å²) >= 11 is 0. The maximum atomic E-state index is 15.0. The first-order valence-electron chi connectivity index (χ1n) is 29.7. The molecule has 10 nitrogen and oxygen atoms in total. The molecule has 3 aliphatic rings. The fourth-order valence-corrected chi connectivity index (χ4v) is 13.1. The Morgan fingerprint density at radius 1 is 0.350 bits per heavy atom. The van der Waals surface area contributed by atoms with Crippen LogP contribution in [0.2, 0.25) is 0 Å². The second-order valence-corrected chi connectivity index (χ2v) is 24.5. The molecular weight excluding hydrogens is 1010 g/mol. The van der Waals surface area contributed by atoms with Gasteiger partial charge in [0.25, 0.3) is 0 Å². The summed E-state index contributed by atoms with van der Waals surface area (Å²) in [7, 11) is -4.22. The third-order valence-electron chi connectivity index (χ3n) is 16.4. The van der Waals surface area contributed by atoms with E-state index in [9.17, 15) is 18.9 Å². The van der Waals surface area contributed by atoms with Crippen molar-refractivity contribution in [1.29, 1.82) is 0 Å². The lowest BCUT2D eigenvalue weighted by Gasteiger charge is -2.27. The average molecular weight is 1100 g/mol. The second kappa shape index (κ2) is 29.0. The normalized spacial score (nSPS) is 17.4. The monoisotopic (exact) mass is 1100 g/mol. The van der Waals surface area contributed by atoms with Crippen molar-refractivity contribution in [2.24, 2.45) is 0 Å². The van der Waals surface area contributed by atoms with Crippen LogP contribution in [-0.4, -0.2) is 90.0 Å². The molecule has 11 heteroatoms. The van der Waals surface area contributed by atoms with E-state index in [0.29, 0.717) is 77.8 Å². The third-order valence-corrected chi connectivity index (χ3v) is 18.1. The van der Waals surface area contributed by atoms with E-state index < -0.39 is 26.1 Å². The Labute approximate surface area is 476 Å². The average Bonchev–Trinajstić information content (AvgIpc) is 4.34. The van der Waals surface area contributed by atoms with E-state index in [1.165, 1.54) is 66.8 Å². The minimum atomic E-state index is -4.22. The standard InChI is InChI=1S/C69H84N3O7P/c1-52-13-19-58(20-14-52)37-40-61-31-25-55(26-32-61)7-4-10-67(73)70-46-43-64(49-70)77-80(76,78-65-44-47-71(50-65)68(74)11-5-8-56-27-33-62(34-28-56)41-38-59-21-15-53(2)16-22-59)79-66-45-48-72(51-66)69(75)12-6-9-57-29-35-63(36-30-57)42-39-60-23-17-54(3)18-24-60/h13-36,64-66H,4-12,37-51H2,1-3H3/t64-,65-,66-/m1/s1. The minimum Gasteiger partial charge on any atom is -0.340 e. The highest BCUT2D eigenvalue weighted by Gasteiger charge is 2.43. The number of hydrogen-bond donors (Lipinski definition) is 0. The molecule has 6 aromatic carbocycles. The zero-order chi connectivity index (χ0) is 55.7. The van der Waals surface area contributed by atoms with E-state index in [4.69, 9.17) is 13.6 Å². The molecule has 0 spiro atoms. The van der Waals surface area contributed by atoms with Gasteiger partial charge < -0.3 is 14.7 Å². The van der Waals surface area contributed by atoms with E-state index in [-0.39, 0.29) is 17.7 Å². The molecule has 0 aromatic heterocycles. The van der Waals surface area contributed by atoms with E-state index in [1.807, 2.05) is 0 Å². The highest BCUT2D eigenvalue weighted by Crippen LogP contribution is 2.55. The van der Waals surface area contributed by atoms with Gasteiger partial charge in [-0.1, -0.05) is 162 Å². The van der Waals surface area contributed by atoms with Gasteiger partial charge in [-0.05, 0) is 167 Å². The molecule has 3 atom stereocenters. The molecule has 3 aliphatic heterocycles. The van der Waals surface area contributed by atoms with Crippen LogP contribution in [0.15, 0.2) is 146 Å². The Kier molecular flexibility index (Phi) is 21.2. The number of carbonyl (C=O) groups excluding carboxylic acids is 3. The van der Waals surface area contributed by atoms with Crippen molar-refractivity contribution in [3.8, 4) is 0 Å². The van der Waals surface area contributed by atoms with E-state index in [1.54, 1.807) is 14.7 Å².